The Labute approximate surface area is 173 Å². The predicted octanol–water partition coefficient (Wildman–Crippen LogP) is 3.74. The maximum absolute atomic E-state index is 12.2. The van der Waals surface area contributed by atoms with Gasteiger partial charge in [-0.15, -0.1) is 11.3 Å². The Bertz CT molecular complexity index is 909. The van der Waals surface area contributed by atoms with Crippen LogP contribution in [0.5, 0.6) is 0 Å². The van der Waals surface area contributed by atoms with Gasteiger partial charge in [0, 0.05) is 19.2 Å². The third kappa shape index (κ3) is 4.55. The van der Waals surface area contributed by atoms with Crippen molar-refractivity contribution >= 4 is 40.4 Å². The number of carbonyl (C=O) groups excluding carboxylic acids is 1. The van der Waals surface area contributed by atoms with E-state index in [0.29, 0.717) is 21.6 Å². The fourth-order valence-corrected chi connectivity index (χ4v) is 3.69. The highest BCUT2D eigenvalue weighted by Gasteiger charge is 2.31. The van der Waals surface area contributed by atoms with Crippen molar-refractivity contribution in [1.29, 1.82) is 5.41 Å². The first kappa shape index (κ1) is 20.4. The van der Waals surface area contributed by atoms with Gasteiger partial charge in [-0.25, -0.2) is 0 Å². The van der Waals surface area contributed by atoms with Crippen LogP contribution in [0.3, 0.4) is 0 Å². The van der Waals surface area contributed by atoms with Crippen molar-refractivity contribution in [3.8, 4) is 0 Å². The second-order valence-corrected chi connectivity index (χ2v) is 8.52. The molecule has 28 heavy (non-hydrogen) atoms. The summed E-state index contributed by atoms with van der Waals surface area (Å²) in [5, 5.41) is 11.0. The number of amidine groups is 1. The molecule has 8 heteroatoms. The molecule has 6 nitrogen and oxygen atoms in total. The summed E-state index contributed by atoms with van der Waals surface area (Å²) in [5.41, 5.74) is 4.92. The molecule has 1 aliphatic heterocycles. The van der Waals surface area contributed by atoms with Crippen LogP contribution in [-0.4, -0.2) is 42.4 Å². The maximum Gasteiger partial charge on any atom is 0.261 e. The van der Waals surface area contributed by atoms with Gasteiger partial charge in [-0.05, 0) is 37.6 Å². The van der Waals surface area contributed by atoms with Crippen LogP contribution in [0.15, 0.2) is 42.5 Å². The number of nitrogens with one attached hydrogen (secondary N) is 3. The van der Waals surface area contributed by atoms with Gasteiger partial charge in [0.15, 0.2) is 0 Å². The zero-order valence-electron chi connectivity index (χ0n) is 16.0. The van der Waals surface area contributed by atoms with E-state index in [4.69, 9.17) is 21.8 Å². The highest BCUT2D eigenvalue weighted by Crippen LogP contribution is 2.26. The van der Waals surface area contributed by atoms with Crippen LogP contribution in [0.2, 0.25) is 4.34 Å². The molecular formula is C20H23ClN4O2S. The molecule has 1 atom stereocenters. The Hall–Kier alpha value is -2.35. The highest BCUT2D eigenvalue weighted by atomic mass is 35.5. The van der Waals surface area contributed by atoms with Gasteiger partial charge in [0.25, 0.3) is 5.91 Å². The fraction of sp³-hybridized carbons (Fsp3) is 0.300. The van der Waals surface area contributed by atoms with E-state index in [9.17, 15) is 4.79 Å². The molecule has 1 amide bonds. The lowest BCUT2D eigenvalue weighted by molar-refractivity contribution is -0.0194. The Morgan fingerprint density at radius 1 is 1.32 bits per heavy atom. The fourth-order valence-electron chi connectivity index (χ4n) is 2.73. The molecule has 1 aromatic heterocycles. The van der Waals surface area contributed by atoms with E-state index in [-0.39, 0.29) is 5.91 Å². The topological polar surface area (TPSA) is 77.5 Å². The van der Waals surface area contributed by atoms with Gasteiger partial charge in [-0.3, -0.25) is 20.5 Å². The van der Waals surface area contributed by atoms with Gasteiger partial charge in [0.1, 0.15) is 11.4 Å². The van der Waals surface area contributed by atoms with Crippen molar-refractivity contribution in [2.24, 2.45) is 0 Å². The number of halogens is 1. The van der Waals surface area contributed by atoms with Crippen molar-refractivity contribution in [2.75, 3.05) is 20.1 Å². The first-order valence-electron chi connectivity index (χ1n) is 8.92. The first-order valence-corrected chi connectivity index (χ1v) is 10.1. The molecule has 0 aliphatic carbocycles. The number of benzene rings is 1. The third-order valence-electron chi connectivity index (χ3n) is 4.57. The third-order valence-corrected chi connectivity index (χ3v) is 5.80. The van der Waals surface area contributed by atoms with Gasteiger partial charge < -0.3 is 10.2 Å². The molecule has 0 radical (unpaired) electrons. The van der Waals surface area contributed by atoms with Gasteiger partial charge >= 0.3 is 0 Å². The zero-order valence-corrected chi connectivity index (χ0v) is 17.6. The molecule has 148 valence electrons. The van der Waals surface area contributed by atoms with Crippen LogP contribution in [0, 0.1) is 5.41 Å². The van der Waals surface area contributed by atoms with Crippen molar-refractivity contribution < 1.29 is 9.63 Å². The number of carbonyl (C=O) groups is 1. The molecular weight excluding hydrogens is 396 g/mol. The van der Waals surface area contributed by atoms with Crippen LogP contribution in [0.1, 0.15) is 34.6 Å². The molecule has 3 rings (SSSR count). The van der Waals surface area contributed by atoms with E-state index in [1.807, 2.05) is 56.1 Å². The summed E-state index contributed by atoms with van der Waals surface area (Å²) < 4.78 is 0.582. The lowest BCUT2D eigenvalue weighted by atomic mass is 10.0. The number of amides is 1. The average Bonchev–Trinajstić information content (AvgIpc) is 3.31. The Kier molecular flexibility index (Phi) is 6.07. The second kappa shape index (κ2) is 8.34. The Morgan fingerprint density at radius 2 is 2.04 bits per heavy atom. The monoisotopic (exact) mass is 418 g/mol. The molecule has 1 aromatic carbocycles. The number of thiophene rings is 1. The van der Waals surface area contributed by atoms with E-state index in [0.717, 1.165) is 23.4 Å². The zero-order chi connectivity index (χ0) is 20.3. The first-order chi connectivity index (χ1) is 13.3. The van der Waals surface area contributed by atoms with Crippen LogP contribution in [0.4, 0.5) is 0 Å². The van der Waals surface area contributed by atoms with Gasteiger partial charge in [0.2, 0.25) is 0 Å². The lowest BCUT2D eigenvalue weighted by Crippen LogP contribution is -2.40. The summed E-state index contributed by atoms with van der Waals surface area (Å²) in [7, 11) is 1.90. The van der Waals surface area contributed by atoms with Gasteiger partial charge in [-0.2, -0.15) is 0 Å². The summed E-state index contributed by atoms with van der Waals surface area (Å²) in [6.45, 7) is 5.01. The molecule has 0 spiro atoms. The standard InChI is InChI=1S/C20H23ClN4O2S/c1-4-25(3)18(22)14-7-5-13(6-8-14)15-11-20(2,27-24-15)12-23-19(26)16-9-10-17(21)28-16/h5-11,22,24H,4,12H2,1-3H3,(H,23,26). The quantitative estimate of drug-likeness (QED) is 0.493. The molecule has 0 fully saturated rings. The van der Waals surface area contributed by atoms with Crippen molar-refractivity contribution in [2.45, 2.75) is 19.4 Å². The molecule has 2 aromatic rings. The van der Waals surface area contributed by atoms with E-state index in [1.54, 1.807) is 12.1 Å². The Morgan fingerprint density at radius 3 is 2.64 bits per heavy atom. The molecule has 1 unspecified atom stereocenters. The predicted molar refractivity (Wildman–Crippen MR) is 114 cm³/mol. The molecule has 2 heterocycles. The van der Waals surface area contributed by atoms with Gasteiger partial charge in [0.05, 0.1) is 21.5 Å². The number of rotatable bonds is 6. The number of hydrogen-bond donors (Lipinski definition) is 3. The van der Waals surface area contributed by atoms with Crippen molar-refractivity contribution in [3.63, 3.8) is 0 Å². The summed E-state index contributed by atoms with van der Waals surface area (Å²) >= 11 is 7.12. The average molecular weight is 419 g/mol. The second-order valence-electron chi connectivity index (χ2n) is 6.80. The summed E-state index contributed by atoms with van der Waals surface area (Å²) in [5.74, 6) is 0.311. The molecule has 0 saturated heterocycles. The van der Waals surface area contributed by atoms with Crippen LogP contribution in [0.25, 0.3) is 5.70 Å². The summed E-state index contributed by atoms with van der Waals surface area (Å²) in [4.78, 5) is 20.4. The molecule has 0 bridgehead atoms. The smallest absolute Gasteiger partial charge is 0.261 e. The van der Waals surface area contributed by atoms with E-state index in [1.165, 1.54) is 11.3 Å². The number of nitrogens with zero attached hydrogens (tertiary/aromatic N) is 1. The number of hydroxylamine groups is 1. The van der Waals surface area contributed by atoms with Crippen molar-refractivity contribution in [1.82, 2.24) is 15.7 Å². The molecule has 1 aliphatic rings. The minimum Gasteiger partial charge on any atom is -0.360 e. The molecule has 3 N–H and O–H groups in total. The number of hydrogen-bond acceptors (Lipinski definition) is 5. The highest BCUT2D eigenvalue weighted by molar-refractivity contribution is 7.17. The van der Waals surface area contributed by atoms with Crippen molar-refractivity contribution in [3.05, 3.63) is 62.8 Å². The normalized spacial score (nSPS) is 18.4. The van der Waals surface area contributed by atoms with Crippen LogP contribution in [-0.2, 0) is 4.84 Å². The Balaban J connectivity index is 1.65. The summed E-state index contributed by atoms with van der Waals surface area (Å²) in [6, 6.07) is 11.2. The largest absolute Gasteiger partial charge is 0.360 e. The summed E-state index contributed by atoms with van der Waals surface area (Å²) in [6.07, 6.45) is 1.95. The maximum atomic E-state index is 12.2. The van der Waals surface area contributed by atoms with Gasteiger partial charge in [-0.1, -0.05) is 35.9 Å². The van der Waals surface area contributed by atoms with Crippen LogP contribution < -0.4 is 10.8 Å². The van der Waals surface area contributed by atoms with Crippen LogP contribution >= 0.6 is 22.9 Å². The lowest BCUT2D eigenvalue weighted by Gasteiger charge is -2.20. The minimum atomic E-state index is -0.667. The molecule has 0 saturated carbocycles. The van der Waals surface area contributed by atoms with E-state index >= 15 is 0 Å². The van der Waals surface area contributed by atoms with E-state index < -0.39 is 5.60 Å². The minimum absolute atomic E-state index is 0.175. The SMILES string of the molecule is CCN(C)C(=N)c1ccc(C2=CC(C)(CNC(=O)c3ccc(Cl)s3)ON2)cc1. The van der Waals surface area contributed by atoms with E-state index in [2.05, 4.69) is 10.8 Å².